The van der Waals surface area contributed by atoms with Crippen molar-refractivity contribution in [2.45, 2.75) is 50.3 Å². The maximum absolute atomic E-state index is 13.4. The van der Waals surface area contributed by atoms with Gasteiger partial charge in [0.15, 0.2) is 0 Å². The van der Waals surface area contributed by atoms with Crippen LogP contribution >= 0.6 is 0 Å². The Hall–Kier alpha value is -3.37. The normalized spacial score (nSPS) is 15.6. The number of nitrogens with one attached hydrogen (secondary N) is 1. The van der Waals surface area contributed by atoms with Gasteiger partial charge in [0, 0.05) is 13.1 Å². The number of morpholine rings is 1. The molecule has 1 aromatic heterocycles. The van der Waals surface area contributed by atoms with Crippen molar-refractivity contribution in [1.29, 1.82) is 0 Å². The molecule has 1 saturated heterocycles. The van der Waals surface area contributed by atoms with E-state index >= 15 is 0 Å². The lowest BCUT2D eigenvalue weighted by atomic mass is 9.89. The average Bonchev–Trinajstić information content (AvgIpc) is 3.01. The fourth-order valence-corrected chi connectivity index (χ4v) is 5.92. The Bertz CT molecular complexity index is 1540. The van der Waals surface area contributed by atoms with E-state index in [4.69, 9.17) is 18.7 Å². The standard InChI is InChI=1S/C32H37N3O5S/c1-3-19-39-29-16-15-25(41(37)40-35-17-20-38-21-18-35)22-28(29)31-33-30-26(11-8-12-27(30)32(36)34-31)24(4-2)14-13-23-9-6-5-7-10-23/h5-12,15-16,22,24H,3-4,13-14,17-21H2,1-2H3,(H,33,34,36). The number of aromatic amines is 1. The fourth-order valence-electron chi connectivity index (χ4n) is 5.10. The largest absolute Gasteiger partial charge is 0.493 e. The number of H-pyrrole nitrogens is 1. The van der Waals surface area contributed by atoms with E-state index in [-0.39, 0.29) is 11.5 Å². The quantitative estimate of drug-likeness (QED) is 0.228. The number of aromatic nitrogens is 2. The van der Waals surface area contributed by atoms with Gasteiger partial charge in [0.1, 0.15) is 11.6 Å². The molecule has 0 amide bonds. The second kappa shape index (κ2) is 14.0. The van der Waals surface area contributed by atoms with Crippen molar-refractivity contribution < 1.29 is 18.0 Å². The van der Waals surface area contributed by atoms with Crippen LogP contribution in [0.25, 0.3) is 22.3 Å². The van der Waals surface area contributed by atoms with E-state index in [0.29, 0.717) is 65.8 Å². The Morgan fingerprint density at radius 3 is 2.61 bits per heavy atom. The summed E-state index contributed by atoms with van der Waals surface area (Å²) in [5.41, 5.74) is 3.38. The molecule has 0 saturated carbocycles. The maximum Gasteiger partial charge on any atom is 0.259 e. The molecule has 0 spiro atoms. The number of fused-ring (bicyclic) bond motifs is 1. The first-order valence-electron chi connectivity index (χ1n) is 14.3. The third-order valence-electron chi connectivity index (χ3n) is 7.33. The molecule has 216 valence electrons. The number of benzene rings is 3. The third kappa shape index (κ3) is 7.11. The van der Waals surface area contributed by atoms with Gasteiger partial charge in [0.25, 0.3) is 5.56 Å². The van der Waals surface area contributed by atoms with Crippen LogP contribution in [0.1, 0.15) is 50.2 Å². The second-order valence-corrected chi connectivity index (χ2v) is 11.2. The molecule has 2 unspecified atom stereocenters. The zero-order valence-electron chi connectivity index (χ0n) is 23.6. The van der Waals surface area contributed by atoms with Gasteiger partial charge < -0.3 is 14.5 Å². The van der Waals surface area contributed by atoms with Crippen molar-refractivity contribution in [3.8, 4) is 17.1 Å². The number of hydroxylamine groups is 2. The van der Waals surface area contributed by atoms with Crippen LogP contribution < -0.4 is 10.3 Å². The molecule has 41 heavy (non-hydrogen) atoms. The third-order valence-corrected chi connectivity index (χ3v) is 8.31. The van der Waals surface area contributed by atoms with Crippen molar-refractivity contribution in [3.63, 3.8) is 0 Å². The molecule has 1 N–H and O–H groups in total. The van der Waals surface area contributed by atoms with E-state index in [1.807, 2.05) is 25.1 Å². The molecular formula is C32H37N3O5S. The number of para-hydroxylation sites is 1. The van der Waals surface area contributed by atoms with Gasteiger partial charge in [0.05, 0.1) is 41.2 Å². The summed E-state index contributed by atoms with van der Waals surface area (Å²) >= 11 is -1.75. The second-order valence-electron chi connectivity index (χ2n) is 10.1. The monoisotopic (exact) mass is 575 g/mol. The van der Waals surface area contributed by atoms with Crippen LogP contribution in [0.2, 0.25) is 0 Å². The Balaban J connectivity index is 1.52. The van der Waals surface area contributed by atoms with E-state index in [0.717, 1.165) is 31.2 Å². The summed E-state index contributed by atoms with van der Waals surface area (Å²) in [7, 11) is 0. The first-order valence-corrected chi connectivity index (χ1v) is 15.4. The number of rotatable bonds is 12. The molecule has 0 radical (unpaired) electrons. The number of ether oxygens (including phenoxy) is 2. The summed E-state index contributed by atoms with van der Waals surface area (Å²) in [5.74, 6) is 1.18. The summed E-state index contributed by atoms with van der Waals surface area (Å²) in [6.45, 7) is 6.85. The van der Waals surface area contributed by atoms with Gasteiger partial charge in [-0.15, -0.1) is 0 Å². The molecule has 1 fully saturated rings. The van der Waals surface area contributed by atoms with Crippen molar-refractivity contribution in [3.05, 3.63) is 88.2 Å². The summed E-state index contributed by atoms with van der Waals surface area (Å²) < 4.78 is 30.2. The summed E-state index contributed by atoms with van der Waals surface area (Å²) in [6, 6.07) is 21.5. The molecule has 2 heterocycles. The van der Waals surface area contributed by atoms with Gasteiger partial charge in [-0.3, -0.25) is 4.79 Å². The smallest absolute Gasteiger partial charge is 0.259 e. The minimum Gasteiger partial charge on any atom is -0.493 e. The lowest BCUT2D eigenvalue weighted by molar-refractivity contribution is -0.109. The van der Waals surface area contributed by atoms with Gasteiger partial charge >= 0.3 is 0 Å². The minimum atomic E-state index is -1.75. The summed E-state index contributed by atoms with van der Waals surface area (Å²) in [4.78, 5) is 21.8. The predicted molar refractivity (Wildman–Crippen MR) is 161 cm³/mol. The average molecular weight is 576 g/mol. The lowest BCUT2D eigenvalue weighted by Gasteiger charge is -2.24. The number of nitrogens with zero attached hydrogens (tertiary/aromatic N) is 2. The topological polar surface area (TPSA) is 93.8 Å². The lowest BCUT2D eigenvalue weighted by Crippen LogP contribution is -2.36. The molecule has 5 rings (SSSR count). The number of hydrogen-bond donors (Lipinski definition) is 1. The summed E-state index contributed by atoms with van der Waals surface area (Å²) in [6.07, 6.45) is 3.63. The van der Waals surface area contributed by atoms with Gasteiger partial charge in [-0.25, -0.2) is 9.19 Å². The fraction of sp³-hybridized carbons (Fsp3) is 0.375. The summed E-state index contributed by atoms with van der Waals surface area (Å²) in [5, 5.41) is 2.21. The Morgan fingerprint density at radius 1 is 1.05 bits per heavy atom. The molecule has 1 aliphatic heterocycles. The molecule has 0 aliphatic carbocycles. The highest BCUT2D eigenvalue weighted by Gasteiger charge is 2.21. The molecule has 8 nitrogen and oxygen atoms in total. The zero-order valence-corrected chi connectivity index (χ0v) is 24.5. The molecule has 0 bridgehead atoms. The van der Waals surface area contributed by atoms with E-state index < -0.39 is 11.1 Å². The number of aryl methyl sites for hydroxylation is 1. The van der Waals surface area contributed by atoms with Crippen LogP contribution in [-0.4, -0.2) is 52.2 Å². The van der Waals surface area contributed by atoms with Crippen molar-refractivity contribution in [2.24, 2.45) is 0 Å². The zero-order chi connectivity index (χ0) is 28.6. The van der Waals surface area contributed by atoms with Crippen molar-refractivity contribution in [2.75, 3.05) is 32.9 Å². The van der Waals surface area contributed by atoms with E-state index in [2.05, 4.69) is 42.2 Å². The first kappa shape index (κ1) is 29.1. The van der Waals surface area contributed by atoms with Crippen LogP contribution in [-0.2, 0) is 26.5 Å². The Kier molecular flexibility index (Phi) is 9.95. The van der Waals surface area contributed by atoms with Crippen LogP contribution in [0.4, 0.5) is 0 Å². The SMILES string of the molecule is CCCOc1ccc(S(=O)ON2CCOCC2)cc1-c1nc2c(C(CC)CCc3ccccc3)cccc2c(=O)[nH]1. The van der Waals surface area contributed by atoms with Crippen molar-refractivity contribution >= 4 is 22.0 Å². The molecule has 2 atom stereocenters. The van der Waals surface area contributed by atoms with E-state index in [1.54, 1.807) is 23.3 Å². The van der Waals surface area contributed by atoms with Crippen LogP contribution in [0.5, 0.6) is 5.75 Å². The maximum atomic E-state index is 13.4. The van der Waals surface area contributed by atoms with Crippen molar-refractivity contribution in [1.82, 2.24) is 15.0 Å². The van der Waals surface area contributed by atoms with E-state index in [9.17, 15) is 9.00 Å². The molecule has 1 aliphatic rings. The van der Waals surface area contributed by atoms with Crippen LogP contribution in [0.15, 0.2) is 76.4 Å². The molecular weight excluding hydrogens is 538 g/mol. The van der Waals surface area contributed by atoms with E-state index in [1.165, 1.54) is 5.56 Å². The first-order chi connectivity index (χ1) is 20.1. The Labute approximate surface area is 243 Å². The van der Waals surface area contributed by atoms with Gasteiger partial charge in [0.2, 0.25) is 11.1 Å². The van der Waals surface area contributed by atoms with Crippen LogP contribution in [0, 0.1) is 0 Å². The molecule has 3 aromatic carbocycles. The number of hydrogen-bond acceptors (Lipinski definition) is 7. The highest BCUT2D eigenvalue weighted by Crippen LogP contribution is 2.34. The highest BCUT2D eigenvalue weighted by molar-refractivity contribution is 7.80. The molecule has 9 heteroatoms. The molecule has 4 aromatic rings. The predicted octanol–water partition coefficient (Wildman–Crippen LogP) is 5.79. The van der Waals surface area contributed by atoms with Gasteiger partial charge in [-0.2, -0.15) is 9.35 Å². The van der Waals surface area contributed by atoms with Gasteiger partial charge in [-0.1, -0.05) is 56.3 Å². The Morgan fingerprint density at radius 2 is 1.85 bits per heavy atom. The highest BCUT2D eigenvalue weighted by atomic mass is 32.2. The van der Waals surface area contributed by atoms with Crippen LogP contribution in [0.3, 0.4) is 0 Å². The minimum absolute atomic E-state index is 0.220. The van der Waals surface area contributed by atoms with Gasteiger partial charge in [-0.05, 0) is 67.0 Å².